The number of carbonyl (C=O) groups excluding carboxylic acids is 1. The molecule has 2 rings (SSSR count). The van der Waals surface area contributed by atoms with Crippen LogP contribution in [0.3, 0.4) is 0 Å². The van der Waals surface area contributed by atoms with E-state index in [1.807, 2.05) is 30.5 Å². The predicted molar refractivity (Wildman–Crippen MR) is 80.0 cm³/mol. The summed E-state index contributed by atoms with van der Waals surface area (Å²) in [4.78, 5) is 14.0. The molecule has 0 amide bonds. The lowest BCUT2D eigenvalue weighted by Gasteiger charge is -2.29. The van der Waals surface area contributed by atoms with Crippen molar-refractivity contribution in [3.05, 3.63) is 59.8 Å². The van der Waals surface area contributed by atoms with Crippen molar-refractivity contribution in [1.29, 1.82) is 0 Å². The number of hydrogen-bond acceptors (Lipinski definition) is 3. The van der Waals surface area contributed by atoms with E-state index in [1.165, 1.54) is 12.7 Å². The standard InChI is InChI=1S/C17H21NO2/c1-14(15-9-5-3-6-10-15)18-12-8-4-7-11-16(13-18)17(19)20-2/h3-7,9-10,13-14H,8,11-12H2,1-2H3/b7-4-,16-13+/t14-/m0/s1. The SMILES string of the molecule is COC(=O)/C1=C/N([C@@H](C)c2ccccc2)CC/C=C\C1. The molecule has 106 valence electrons. The topological polar surface area (TPSA) is 29.5 Å². The number of methoxy groups -OCH3 is 1. The van der Waals surface area contributed by atoms with E-state index in [1.54, 1.807) is 0 Å². The Hall–Kier alpha value is -2.03. The second kappa shape index (κ2) is 6.94. The fourth-order valence-electron chi connectivity index (χ4n) is 2.36. The molecule has 0 aromatic heterocycles. The Balaban J connectivity index is 2.23. The van der Waals surface area contributed by atoms with Gasteiger partial charge in [0.15, 0.2) is 0 Å². The van der Waals surface area contributed by atoms with Crippen LogP contribution in [0.4, 0.5) is 0 Å². The molecule has 0 unspecified atom stereocenters. The third-order valence-electron chi connectivity index (χ3n) is 3.61. The van der Waals surface area contributed by atoms with E-state index in [2.05, 4.69) is 30.0 Å². The fraction of sp³-hybridized carbons (Fsp3) is 0.353. The van der Waals surface area contributed by atoms with Crippen molar-refractivity contribution in [2.45, 2.75) is 25.8 Å². The van der Waals surface area contributed by atoms with Gasteiger partial charge in [0.1, 0.15) is 0 Å². The minimum absolute atomic E-state index is 0.238. The Morgan fingerprint density at radius 2 is 2.00 bits per heavy atom. The number of ether oxygens (including phenoxy) is 1. The minimum atomic E-state index is -0.248. The molecule has 0 spiro atoms. The van der Waals surface area contributed by atoms with Crippen LogP contribution in [0, 0.1) is 0 Å². The number of carbonyl (C=O) groups is 1. The van der Waals surface area contributed by atoms with Gasteiger partial charge in [0.25, 0.3) is 0 Å². The van der Waals surface area contributed by atoms with Crippen molar-refractivity contribution in [3.8, 4) is 0 Å². The largest absolute Gasteiger partial charge is 0.466 e. The molecule has 20 heavy (non-hydrogen) atoms. The normalized spacial score (nSPS) is 21.1. The van der Waals surface area contributed by atoms with Crippen molar-refractivity contribution in [1.82, 2.24) is 4.90 Å². The summed E-state index contributed by atoms with van der Waals surface area (Å²) in [6, 6.07) is 10.6. The van der Waals surface area contributed by atoms with Gasteiger partial charge in [-0.3, -0.25) is 0 Å². The maximum atomic E-state index is 11.8. The average Bonchev–Trinajstić information content (AvgIpc) is 2.47. The number of rotatable bonds is 3. The monoisotopic (exact) mass is 271 g/mol. The molecule has 0 N–H and O–H groups in total. The molecule has 1 aliphatic rings. The van der Waals surface area contributed by atoms with Gasteiger partial charge < -0.3 is 9.64 Å². The molecule has 0 radical (unpaired) electrons. The third kappa shape index (κ3) is 3.50. The first kappa shape index (κ1) is 14.4. The van der Waals surface area contributed by atoms with Crippen molar-refractivity contribution >= 4 is 5.97 Å². The zero-order valence-corrected chi connectivity index (χ0v) is 12.1. The van der Waals surface area contributed by atoms with Gasteiger partial charge in [0.2, 0.25) is 0 Å². The van der Waals surface area contributed by atoms with Crippen LogP contribution in [-0.2, 0) is 9.53 Å². The summed E-state index contributed by atoms with van der Waals surface area (Å²) in [7, 11) is 1.43. The maximum Gasteiger partial charge on any atom is 0.335 e. The highest BCUT2D eigenvalue weighted by molar-refractivity contribution is 5.88. The Morgan fingerprint density at radius 3 is 2.70 bits per heavy atom. The van der Waals surface area contributed by atoms with E-state index in [-0.39, 0.29) is 12.0 Å². The van der Waals surface area contributed by atoms with E-state index >= 15 is 0 Å². The lowest BCUT2D eigenvalue weighted by atomic mass is 10.1. The van der Waals surface area contributed by atoms with E-state index in [9.17, 15) is 4.79 Å². The molecule has 1 aromatic rings. The first-order valence-corrected chi connectivity index (χ1v) is 6.97. The quantitative estimate of drug-likeness (QED) is 0.623. The predicted octanol–water partition coefficient (Wildman–Crippen LogP) is 3.46. The minimum Gasteiger partial charge on any atom is -0.466 e. The summed E-state index contributed by atoms with van der Waals surface area (Å²) in [5.41, 5.74) is 1.95. The highest BCUT2D eigenvalue weighted by atomic mass is 16.5. The Morgan fingerprint density at radius 1 is 1.25 bits per heavy atom. The molecule has 1 aliphatic heterocycles. The molecule has 0 aliphatic carbocycles. The average molecular weight is 271 g/mol. The molecule has 3 heteroatoms. The van der Waals surface area contributed by atoms with E-state index in [0.717, 1.165) is 13.0 Å². The molecule has 1 heterocycles. The first-order valence-electron chi connectivity index (χ1n) is 6.97. The summed E-state index contributed by atoms with van der Waals surface area (Å²) in [6.45, 7) is 3.05. The van der Waals surface area contributed by atoms with Gasteiger partial charge >= 0.3 is 5.97 Å². The van der Waals surface area contributed by atoms with Gasteiger partial charge in [-0.2, -0.15) is 0 Å². The summed E-state index contributed by atoms with van der Waals surface area (Å²) in [5.74, 6) is -0.248. The number of hydrogen-bond donors (Lipinski definition) is 0. The van der Waals surface area contributed by atoms with Crippen LogP contribution in [0.2, 0.25) is 0 Å². The van der Waals surface area contributed by atoms with E-state index in [4.69, 9.17) is 4.74 Å². The molecule has 1 atom stereocenters. The van der Waals surface area contributed by atoms with E-state index < -0.39 is 0 Å². The summed E-state index contributed by atoms with van der Waals surface area (Å²) in [6.07, 6.45) is 7.73. The zero-order valence-electron chi connectivity index (χ0n) is 12.1. The van der Waals surface area contributed by atoms with Crippen LogP contribution in [-0.4, -0.2) is 24.5 Å². The van der Waals surface area contributed by atoms with Crippen molar-refractivity contribution in [3.63, 3.8) is 0 Å². The van der Waals surface area contributed by atoms with Crippen LogP contribution in [0.15, 0.2) is 54.3 Å². The number of benzene rings is 1. The van der Waals surface area contributed by atoms with Crippen LogP contribution >= 0.6 is 0 Å². The van der Waals surface area contributed by atoms with Crippen LogP contribution in [0.5, 0.6) is 0 Å². The highest BCUT2D eigenvalue weighted by Gasteiger charge is 2.17. The Labute approximate surface area is 120 Å². The lowest BCUT2D eigenvalue weighted by Crippen LogP contribution is -2.25. The smallest absolute Gasteiger partial charge is 0.335 e. The van der Waals surface area contributed by atoms with Gasteiger partial charge in [-0.15, -0.1) is 0 Å². The molecular formula is C17H21NO2. The van der Waals surface area contributed by atoms with Crippen LogP contribution < -0.4 is 0 Å². The summed E-state index contributed by atoms with van der Waals surface area (Å²) in [5, 5.41) is 0. The maximum absolute atomic E-state index is 11.8. The van der Waals surface area contributed by atoms with Crippen LogP contribution in [0.25, 0.3) is 0 Å². The fourth-order valence-corrected chi connectivity index (χ4v) is 2.36. The van der Waals surface area contributed by atoms with Gasteiger partial charge in [-0.25, -0.2) is 4.79 Å². The highest BCUT2D eigenvalue weighted by Crippen LogP contribution is 2.23. The van der Waals surface area contributed by atoms with Crippen molar-refractivity contribution in [2.75, 3.05) is 13.7 Å². The van der Waals surface area contributed by atoms with Gasteiger partial charge in [-0.05, 0) is 25.3 Å². The Bertz CT molecular complexity index is 505. The summed E-state index contributed by atoms with van der Waals surface area (Å²) >= 11 is 0. The Kier molecular flexibility index (Phi) is 4.99. The molecule has 0 saturated carbocycles. The van der Waals surface area contributed by atoms with E-state index in [0.29, 0.717) is 12.0 Å². The molecule has 3 nitrogen and oxygen atoms in total. The van der Waals surface area contributed by atoms with Crippen LogP contribution in [0.1, 0.15) is 31.4 Å². The third-order valence-corrected chi connectivity index (χ3v) is 3.61. The number of nitrogens with zero attached hydrogens (tertiary/aromatic N) is 1. The molecule has 0 fully saturated rings. The first-order chi connectivity index (χ1) is 9.72. The summed E-state index contributed by atoms with van der Waals surface area (Å²) < 4.78 is 4.85. The van der Waals surface area contributed by atoms with Gasteiger partial charge in [0, 0.05) is 12.7 Å². The van der Waals surface area contributed by atoms with Crippen molar-refractivity contribution in [2.24, 2.45) is 0 Å². The molecule has 0 saturated heterocycles. The second-order valence-electron chi connectivity index (χ2n) is 4.93. The molecular weight excluding hydrogens is 250 g/mol. The molecule has 0 bridgehead atoms. The number of esters is 1. The lowest BCUT2D eigenvalue weighted by molar-refractivity contribution is -0.136. The van der Waals surface area contributed by atoms with Gasteiger partial charge in [0.05, 0.1) is 18.7 Å². The number of allylic oxidation sites excluding steroid dienone is 1. The van der Waals surface area contributed by atoms with Gasteiger partial charge in [-0.1, -0.05) is 42.5 Å². The molecule has 1 aromatic carbocycles. The zero-order chi connectivity index (χ0) is 14.4. The second-order valence-corrected chi connectivity index (χ2v) is 4.93. The van der Waals surface area contributed by atoms with Crippen molar-refractivity contribution < 1.29 is 9.53 Å².